The topological polar surface area (TPSA) is 80.7 Å². The molecule has 162 valence electrons. The Labute approximate surface area is 172 Å². The smallest absolute Gasteiger partial charge is 0.422 e. The molecule has 1 heterocycles. The fourth-order valence-electron chi connectivity index (χ4n) is 3.24. The van der Waals surface area contributed by atoms with Crippen molar-refractivity contribution in [1.82, 2.24) is 10.3 Å². The maximum absolute atomic E-state index is 12.7. The molecule has 1 aromatic heterocycles. The van der Waals surface area contributed by atoms with Crippen molar-refractivity contribution < 1.29 is 32.5 Å². The Balaban J connectivity index is 1.67. The number of carbonyl (C=O) groups is 1. The van der Waals surface area contributed by atoms with E-state index >= 15 is 0 Å². The molecule has 0 spiro atoms. The highest BCUT2D eigenvalue weighted by molar-refractivity contribution is 5.79. The highest BCUT2D eigenvalue weighted by Crippen LogP contribution is 2.46. The van der Waals surface area contributed by atoms with Crippen LogP contribution in [0.25, 0.3) is 0 Å². The third-order valence-corrected chi connectivity index (χ3v) is 4.99. The summed E-state index contributed by atoms with van der Waals surface area (Å²) in [5, 5.41) is 13.7. The highest BCUT2D eigenvalue weighted by Gasteiger charge is 2.46. The van der Waals surface area contributed by atoms with Crippen LogP contribution in [0.4, 0.5) is 13.2 Å². The molecule has 0 unspecified atom stereocenters. The summed E-state index contributed by atoms with van der Waals surface area (Å²) < 4.78 is 47.0. The molecule has 1 fully saturated rings. The monoisotopic (exact) mass is 424 g/mol. The van der Waals surface area contributed by atoms with E-state index in [9.17, 15) is 23.1 Å². The van der Waals surface area contributed by atoms with Crippen molar-refractivity contribution in [2.75, 3.05) is 13.7 Å². The molecule has 9 heteroatoms. The maximum atomic E-state index is 12.7. The van der Waals surface area contributed by atoms with E-state index in [1.54, 1.807) is 24.3 Å². The predicted molar refractivity (Wildman–Crippen MR) is 102 cm³/mol. The van der Waals surface area contributed by atoms with Gasteiger partial charge in [0.1, 0.15) is 5.75 Å². The summed E-state index contributed by atoms with van der Waals surface area (Å²) in [4.78, 5) is 16.6. The number of ether oxygens (including phenoxy) is 2. The van der Waals surface area contributed by atoms with Crippen LogP contribution in [0.3, 0.4) is 0 Å². The van der Waals surface area contributed by atoms with Crippen LogP contribution in [0.2, 0.25) is 0 Å². The van der Waals surface area contributed by atoms with Gasteiger partial charge in [-0.2, -0.15) is 13.2 Å². The number of amides is 1. The third kappa shape index (κ3) is 5.41. The number of hydrogen-bond acceptors (Lipinski definition) is 5. The number of rotatable bonds is 8. The molecule has 1 aromatic carbocycles. The summed E-state index contributed by atoms with van der Waals surface area (Å²) in [6, 6.07) is 9.43. The summed E-state index contributed by atoms with van der Waals surface area (Å²) in [7, 11) is 1.46. The normalized spacial score (nSPS) is 17.0. The lowest BCUT2D eigenvalue weighted by molar-refractivity contribution is -0.153. The second-order valence-electron chi connectivity index (χ2n) is 7.60. The molecule has 6 nitrogen and oxygen atoms in total. The summed E-state index contributed by atoms with van der Waals surface area (Å²) in [6.07, 6.45) is -1.86. The number of alkyl halides is 3. The molecule has 1 amide bonds. The van der Waals surface area contributed by atoms with Gasteiger partial charge in [0.05, 0.1) is 24.7 Å². The van der Waals surface area contributed by atoms with Crippen LogP contribution in [0, 0.1) is 0 Å². The summed E-state index contributed by atoms with van der Waals surface area (Å²) in [6.45, 7) is 0.139. The van der Waals surface area contributed by atoms with Crippen molar-refractivity contribution in [2.24, 2.45) is 0 Å². The van der Waals surface area contributed by atoms with E-state index in [-0.39, 0.29) is 18.1 Å². The standard InChI is InChI=1S/C21H23F3N2O4/c1-19(28,14-6-9-25-18(11-14)29-2)12-17(27)26-20(7-8-20)15-4-3-5-16(10-15)30-13-21(22,23)24/h3-6,9-11,28H,7-8,12-13H2,1-2H3,(H,26,27)/t19-/m0/s1. The van der Waals surface area contributed by atoms with Crippen molar-refractivity contribution in [3.63, 3.8) is 0 Å². The molecule has 1 aliphatic carbocycles. The average molecular weight is 424 g/mol. The predicted octanol–water partition coefficient (Wildman–Crippen LogP) is 3.43. The molecule has 1 saturated carbocycles. The second-order valence-corrected chi connectivity index (χ2v) is 7.60. The number of methoxy groups -OCH3 is 1. The first-order valence-corrected chi connectivity index (χ1v) is 9.37. The number of hydrogen-bond donors (Lipinski definition) is 2. The van der Waals surface area contributed by atoms with Crippen LogP contribution in [-0.4, -0.2) is 35.9 Å². The largest absolute Gasteiger partial charge is 0.484 e. The van der Waals surface area contributed by atoms with Crippen LogP contribution in [-0.2, 0) is 15.9 Å². The van der Waals surface area contributed by atoms with Gasteiger partial charge < -0.3 is 19.9 Å². The number of nitrogens with zero attached hydrogens (tertiary/aromatic N) is 1. The fourth-order valence-corrected chi connectivity index (χ4v) is 3.24. The van der Waals surface area contributed by atoms with Crippen molar-refractivity contribution in [2.45, 2.75) is 43.5 Å². The van der Waals surface area contributed by atoms with E-state index < -0.39 is 23.9 Å². The van der Waals surface area contributed by atoms with Gasteiger partial charge >= 0.3 is 6.18 Å². The molecule has 1 aliphatic rings. The van der Waals surface area contributed by atoms with E-state index in [1.807, 2.05) is 0 Å². The minimum absolute atomic E-state index is 0.0845. The van der Waals surface area contributed by atoms with Gasteiger partial charge in [0.2, 0.25) is 11.8 Å². The van der Waals surface area contributed by atoms with E-state index in [0.717, 1.165) is 0 Å². The molecule has 3 rings (SSSR count). The Morgan fingerprint density at radius 1 is 1.27 bits per heavy atom. The first kappa shape index (κ1) is 21.9. The third-order valence-electron chi connectivity index (χ3n) is 4.99. The minimum Gasteiger partial charge on any atom is -0.484 e. The van der Waals surface area contributed by atoms with Crippen molar-refractivity contribution in [1.29, 1.82) is 0 Å². The van der Waals surface area contributed by atoms with Crippen LogP contribution < -0.4 is 14.8 Å². The molecule has 2 N–H and O–H groups in total. The molecule has 30 heavy (non-hydrogen) atoms. The first-order valence-electron chi connectivity index (χ1n) is 9.37. The Hall–Kier alpha value is -2.81. The minimum atomic E-state index is -4.43. The Morgan fingerprint density at radius 2 is 2.00 bits per heavy atom. The van der Waals surface area contributed by atoms with Gasteiger partial charge in [-0.1, -0.05) is 12.1 Å². The number of halogens is 3. The number of pyridine rings is 1. The summed E-state index contributed by atoms with van der Waals surface area (Å²) >= 11 is 0. The fraction of sp³-hybridized carbons (Fsp3) is 0.429. The molecule has 1 atom stereocenters. The van der Waals surface area contributed by atoms with E-state index in [4.69, 9.17) is 9.47 Å². The lowest BCUT2D eigenvalue weighted by Crippen LogP contribution is -2.39. The van der Waals surface area contributed by atoms with Crippen LogP contribution >= 0.6 is 0 Å². The summed E-state index contributed by atoms with van der Waals surface area (Å²) in [5.74, 6) is 0.0265. The van der Waals surface area contributed by atoms with E-state index in [0.29, 0.717) is 29.8 Å². The molecule has 2 aromatic rings. The number of carbonyl (C=O) groups excluding carboxylic acids is 1. The van der Waals surface area contributed by atoms with Gasteiger partial charge in [0.25, 0.3) is 0 Å². The Bertz CT molecular complexity index is 911. The van der Waals surface area contributed by atoms with Crippen LogP contribution in [0.5, 0.6) is 11.6 Å². The van der Waals surface area contributed by atoms with E-state index in [1.165, 1.54) is 32.4 Å². The van der Waals surface area contributed by atoms with Gasteiger partial charge in [-0.25, -0.2) is 4.98 Å². The maximum Gasteiger partial charge on any atom is 0.422 e. The summed E-state index contributed by atoms with van der Waals surface area (Å²) in [5.41, 5.74) is -0.966. The van der Waals surface area contributed by atoms with Crippen LogP contribution in [0.1, 0.15) is 37.3 Å². The number of nitrogens with one attached hydrogen (secondary N) is 1. The lowest BCUT2D eigenvalue weighted by Gasteiger charge is -2.26. The SMILES string of the molecule is COc1cc([C@@](C)(O)CC(=O)NC2(c3cccc(OCC(F)(F)F)c3)CC2)ccn1. The highest BCUT2D eigenvalue weighted by atomic mass is 19.4. The first-order chi connectivity index (χ1) is 14.0. The molecule has 0 radical (unpaired) electrons. The molecule has 0 bridgehead atoms. The van der Waals surface area contributed by atoms with Crippen molar-refractivity contribution >= 4 is 5.91 Å². The number of aromatic nitrogens is 1. The van der Waals surface area contributed by atoms with E-state index in [2.05, 4.69) is 10.3 Å². The number of aliphatic hydroxyl groups is 1. The van der Waals surface area contributed by atoms with Gasteiger partial charge in [0.15, 0.2) is 6.61 Å². The van der Waals surface area contributed by atoms with Crippen molar-refractivity contribution in [3.05, 3.63) is 53.7 Å². The zero-order chi connectivity index (χ0) is 22.0. The zero-order valence-corrected chi connectivity index (χ0v) is 16.6. The second kappa shape index (κ2) is 8.14. The quantitative estimate of drug-likeness (QED) is 0.679. The van der Waals surface area contributed by atoms with Gasteiger partial charge in [-0.3, -0.25) is 4.79 Å². The molecule has 0 aliphatic heterocycles. The van der Waals surface area contributed by atoms with Crippen LogP contribution in [0.15, 0.2) is 42.6 Å². The zero-order valence-electron chi connectivity index (χ0n) is 16.6. The van der Waals surface area contributed by atoms with Gasteiger partial charge in [-0.05, 0) is 49.1 Å². The Kier molecular flexibility index (Phi) is 5.94. The average Bonchev–Trinajstić information content (AvgIpc) is 3.46. The van der Waals surface area contributed by atoms with Gasteiger partial charge in [0, 0.05) is 12.3 Å². The molecular formula is C21H23F3N2O4. The Morgan fingerprint density at radius 3 is 2.63 bits per heavy atom. The molecule has 0 saturated heterocycles. The lowest BCUT2D eigenvalue weighted by atomic mass is 9.92. The molecular weight excluding hydrogens is 401 g/mol. The van der Waals surface area contributed by atoms with Crippen molar-refractivity contribution in [3.8, 4) is 11.6 Å². The number of benzene rings is 1. The van der Waals surface area contributed by atoms with Gasteiger partial charge in [-0.15, -0.1) is 0 Å².